The molecule has 0 rings (SSSR count). The SMILES string of the molecule is CC/C=C\C/C=C\C/C=C\C/C=C\C/C=C\C/C=C\C/C=C\CCCCCCCCCCCC(=O)OCC(COC(=O)CCCCCCC/C=C\C/C=C\CCCC)OC(=O)CCCCC/C=C\C/C=C\C/C=C\C/C=C\C/C=C\CC. The Labute approximate surface area is 504 Å². The summed E-state index contributed by atoms with van der Waals surface area (Å²) < 4.78 is 16.9. The first-order chi connectivity index (χ1) is 40.5. The van der Waals surface area contributed by atoms with Crippen molar-refractivity contribution in [2.45, 2.75) is 277 Å². The van der Waals surface area contributed by atoms with E-state index in [4.69, 9.17) is 14.2 Å². The maximum atomic E-state index is 12.9. The molecule has 0 aromatic heterocycles. The molecule has 0 saturated carbocycles. The van der Waals surface area contributed by atoms with Gasteiger partial charge in [0, 0.05) is 19.3 Å². The number of carbonyl (C=O) groups excluding carboxylic acids is 3. The molecule has 460 valence electrons. The van der Waals surface area contributed by atoms with Crippen LogP contribution < -0.4 is 0 Å². The fourth-order valence-corrected chi connectivity index (χ4v) is 8.52. The quantitative estimate of drug-likeness (QED) is 0.0261. The van der Waals surface area contributed by atoms with Crippen molar-refractivity contribution in [3.8, 4) is 0 Å². The third-order valence-corrected chi connectivity index (χ3v) is 13.4. The smallest absolute Gasteiger partial charge is 0.306 e. The van der Waals surface area contributed by atoms with Crippen LogP contribution in [0.3, 0.4) is 0 Å². The normalized spacial score (nSPS) is 13.3. The summed E-state index contributed by atoms with van der Waals surface area (Å²) >= 11 is 0. The summed E-state index contributed by atoms with van der Waals surface area (Å²) in [7, 11) is 0. The van der Waals surface area contributed by atoms with E-state index in [1.54, 1.807) is 0 Å². The van der Waals surface area contributed by atoms with Gasteiger partial charge < -0.3 is 14.2 Å². The lowest BCUT2D eigenvalue weighted by atomic mass is 10.1. The molecule has 0 aromatic carbocycles. The van der Waals surface area contributed by atoms with E-state index in [0.29, 0.717) is 19.3 Å². The molecular formula is C76H120O6. The zero-order valence-corrected chi connectivity index (χ0v) is 52.7. The van der Waals surface area contributed by atoms with Crippen LogP contribution in [0, 0.1) is 0 Å². The van der Waals surface area contributed by atoms with Crippen LogP contribution in [0.15, 0.2) is 170 Å². The molecule has 6 nitrogen and oxygen atoms in total. The van der Waals surface area contributed by atoms with E-state index in [2.05, 4.69) is 191 Å². The zero-order valence-electron chi connectivity index (χ0n) is 52.7. The Morgan fingerprint density at radius 1 is 0.256 bits per heavy atom. The second-order valence-electron chi connectivity index (χ2n) is 21.3. The highest BCUT2D eigenvalue weighted by molar-refractivity contribution is 5.71. The molecule has 82 heavy (non-hydrogen) atoms. The van der Waals surface area contributed by atoms with E-state index in [1.165, 1.54) is 57.8 Å². The Balaban J connectivity index is 4.39. The number of hydrogen-bond acceptors (Lipinski definition) is 6. The monoisotopic (exact) mass is 1130 g/mol. The lowest BCUT2D eigenvalue weighted by Gasteiger charge is -2.18. The standard InChI is InChI=1S/C76H120O6/c1-4-7-10-13-16-19-22-25-28-30-32-33-34-35-36-37-38-39-40-41-42-43-45-46-48-51-54-57-60-63-66-69-75(78)81-72-73(71-80-74(77)68-65-62-59-56-53-50-27-24-21-18-15-12-9-6-3)82-76(79)70-67-64-61-58-55-52-49-47-44-31-29-26-23-20-17-14-11-8-5-2/h7-8,10-11,15-20,24-29,32-33,35-36,38-39,41-42,44,47,52,55,73H,4-6,9,12-14,21-23,30-31,34,37,40,43,45-46,48-51,53-54,56-72H2,1-3H3/b10-7-,11-8-,18-15-,19-16-,20-17-,27-24-,28-25-,29-26-,33-32-,36-35-,39-38-,42-41-,47-44-,55-52-. The van der Waals surface area contributed by atoms with Gasteiger partial charge in [-0.05, 0) is 148 Å². The first kappa shape index (κ1) is 76.8. The summed E-state index contributed by atoms with van der Waals surface area (Å²) in [6.45, 7) is 6.32. The van der Waals surface area contributed by atoms with Crippen LogP contribution in [0.4, 0.5) is 0 Å². The van der Waals surface area contributed by atoms with E-state index in [9.17, 15) is 14.4 Å². The summed E-state index contributed by atoms with van der Waals surface area (Å²) in [5.41, 5.74) is 0. The molecule has 0 spiro atoms. The molecule has 0 bridgehead atoms. The van der Waals surface area contributed by atoms with Gasteiger partial charge in [-0.3, -0.25) is 14.4 Å². The van der Waals surface area contributed by atoms with Gasteiger partial charge in [-0.25, -0.2) is 0 Å². The molecule has 1 unspecified atom stereocenters. The van der Waals surface area contributed by atoms with Gasteiger partial charge in [-0.2, -0.15) is 0 Å². The highest BCUT2D eigenvalue weighted by atomic mass is 16.6. The number of ether oxygens (including phenoxy) is 3. The van der Waals surface area contributed by atoms with E-state index in [1.807, 2.05) is 0 Å². The molecule has 0 N–H and O–H groups in total. The minimum Gasteiger partial charge on any atom is -0.462 e. The maximum Gasteiger partial charge on any atom is 0.306 e. The Kier molecular flexibility index (Phi) is 63.9. The van der Waals surface area contributed by atoms with Gasteiger partial charge in [0.1, 0.15) is 13.2 Å². The third kappa shape index (κ3) is 65.6. The van der Waals surface area contributed by atoms with Crippen LogP contribution in [0.2, 0.25) is 0 Å². The summed E-state index contributed by atoms with van der Waals surface area (Å²) in [5.74, 6) is -0.962. The molecule has 0 fully saturated rings. The van der Waals surface area contributed by atoms with Crippen molar-refractivity contribution < 1.29 is 28.6 Å². The first-order valence-corrected chi connectivity index (χ1v) is 33.1. The summed E-state index contributed by atoms with van der Waals surface area (Å²) in [4.78, 5) is 38.3. The van der Waals surface area contributed by atoms with Gasteiger partial charge in [0.2, 0.25) is 0 Å². The van der Waals surface area contributed by atoms with Crippen molar-refractivity contribution in [3.05, 3.63) is 170 Å². The number of esters is 3. The third-order valence-electron chi connectivity index (χ3n) is 13.4. The van der Waals surface area contributed by atoms with Crippen molar-refractivity contribution in [2.24, 2.45) is 0 Å². The zero-order chi connectivity index (χ0) is 59.2. The number of hydrogen-bond donors (Lipinski definition) is 0. The molecule has 0 aromatic rings. The Morgan fingerprint density at radius 2 is 0.476 bits per heavy atom. The summed E-state index contributed by atoms with van der Waals surface area (Å²) in [6.07, 6.45) is 101. The summed E-state index contributed by atoms with van der Waals surface area (Å²) in [6, 6.07) is 0. The Morgan fingerprint density at radius 3 is 0.756 bits per heavy atom. The van der Waals surface area contributed by atoms with E-state index >= 15 is 0 Å². The van der Waals surface area contributed by atoms with Crippen LogP contribution in [0.1, 0.15) is 271 Å². The van der Waals surface area contributed by atoms with Gasteiger partial charge in [0.05, 0.1) is 0 Å². The Bertz CT molecular complexity index is 1870. The second kappa shape index (κ2) is 68.3. The molecule has 0 amide bonds. The molecule has 0 radical (unpaired) electrons. The maximum absolute atomic E-state index is 12.9. The van der Waals surface area contributed by atoms with Crippen LogP contribution >= 0.6 is 0 Å². The molecule has 0 aliphatic rings. The largest absolute Gasteiger partial charge is 0.462 e. The Hall–Kier alpha value is -5.23. The second-order valence-corrected chi connectivity index (χ2v) is 21.3. The fourth-order valence-electron chi connectivity index (χ4n) is 8.52. The van der Waals surface area contributed by atoms with E-state index in [-0.39, 0.29) is 37.5 Å². The highest BCUT2D eigenvalue weighted by Crippen LogP contribution is 2.14. The lowest BCUT2D eigenvalue weighted by molar-refractivity contribution is -0.167. The minimum atomic E-state index is -0.814. The lowest BCUT2D eigenvalue weighted by Crippen LogP contribution is -2.30. The fraction of sp³-hybridized carbons (Fsp3) is 0.592. The van der Waals surface area contributed by atoms with Gasteiger partial charge in [0.25, 0.3) is 0 Å². The molecule has 0 saturated heterocycles. The molecule has 0 aliphatic heterocycles. The molecule has 1 atom stereocenters. The van der Waals surface area contributed by atoms with Crippen LogP contribution in [0.25, 0.3) is 0 Å². The van der Waals surface area contributed by atoms with Crippen molar-refractivity contribution in [1.29, 1.82) is 0 Å². The predicted molar refractivity (Wildman–Crippen MR) is 357 cm³/mol. The highest BCUT2D eigenvalue weighted by Gasteiger charge is 2.19. The van der Waals surface area contributed by atoms with Crippen molar-refractivity contribution >= 4 is 17.9 Å². The topological polar surface area (TPSA) is 78.9 Å². The van der Waals surface area contributed by atoms with Gasteiger partial charge >= 0.3 is 17.9 Å². The number of unbranched alkanes of at least 4 members (excludes halogenated alkanes) is 19. The van der Waals surface area contributed by atoms with Crippen LogP contribution in [-0.2, 0) is 28.6 Å². The minimum absolute atomic E-state index is 0.106. The van der Waals surface area contributed by atoms with E-state index in [0.717, 1.165) is 167 Å². The van der Waals surface area contributed by atoms with Crippen molar-refractivity contribution in [2.75, 3.05) is 13.2 Å². The number of allylic oxidation sites excluding steroid dienone is 28. The number of rotatable bonds is 58. The number of carbonyl (C=O) groups is 3. The van der Waals surface area contributed by atoms with E-state index < -0.39 is 6.10 Å². The van der Waals surface area contributed by atoms with Crippen LogP contribution in [-0.4, -0.2) is 37.2 Å². The molecular weight excluding hydrogens is 1010 g/mol. The van der Waals surface area contributed by atoms with Gasteiger partial charge in [-0.1, -0.05) is 274 Å². The van der Waals surface area contributed by atoms with Crippen molar-refractivity contribution in [1.82, 2.24) is 0 Å². The molecule has 6 heteroatoms. The van der Waals surface area contributed by atoms with Gasteiger partial charge in [0.15, 0.2) is 6.10 Å². The van der Waals surface area contributed by atoms with Crippen molar-refractivity contribution in [3.63, 3.8) is 0 Å². The summed E-state index contributed by atoms with van der Waals surface area (Å²) in [5, 5.41) is 0. The first-order valence-electron chi connectivity index (χ1n) is 33.1. The predicted octanol–water partition coefficient (Wildman–Crippen LogP) is 23.0. The average molecular weight is 1130 g/mol. The van der Waals surface area contributed by atoms with Crippen LogP contribution in [0.5, 0.6) is 0 Å². The molecule has 0 aliphatic carbocycles. The van der Waals surface area contributed by atoms with Gasteiger partial charge in [-0.15, -0.1) is 0 Å². The average Bonchev–Trinajstić information content (AvgIpc) is 3.47. The molecule has 0 heterocycles.